The highest BCUT2D eigenvalue weighted by molar-refractivity contribution is 8.04. The maximum atomic E-state index is 10.6. The number of hydrogen-bond acceptors (Lipinski definition) is 6. The van der Waals surface area contributed by atoms with Gasteiger partial charge in [-0.15, -0.1) is 0 Å². The van der Waals surface area contributed by atoms with Crippen molar-refractivity contribution in [1.29, 1.82) is 0 Å². The summed E-state index contributed by atoms with van der Waals surface area (Å²) < 4.78 is 13.7. The minimum Gasteiger partial charge on any atom is -0.508 e. The Balaban J connectivity index is 1.34. The maximum absolute atomic E-state index is 10.6. The third-order valence-corrected chi connectivity index (χ3v) is 10.3. The van der Waals surface area contributed by atoms with Crippen molar-refractivity contribution in [3.63, 3.8) is 0 Å². The highest BCUT2D eigenvalue weighted by atomic mass is 32.2. The summed E-state index contributed by atoms with van der Waals surface area (Å²) in [5.74, 6) is 1.79. The molecule has 0 saturated carbocycles. The lowest BCUT2D eigenvalue weighted by molar-refractivity contribution is -0.699. The van der Waals surface area contributed by atoms with Gasteiger partial charge in [0.05, 0.1) is 35.9 Å². The third-order valence-electron chi connectivity index (χ3n) is 8.14. The summed E-state index contributed by atoms with van der Waals surface area (Å²) in [5, 5.41) is 13.9. The molecule has 0 saturated heterocycles. The van der Waals surface area contributed by atoms with Crippen molar-refractivity contribution in [1.82, 2.24) is 0 Å². The molecule has 5 nitrogen and oxygen atoms in total. The van der Waals surface area contributed by atoms with Gasteiger partial charge in [-0.3, -0.25) is 0 Å². The summed E-state index contributed by atoms with van der Waals surface area (Å²) in [7, 11) is 5.47. The van der Waals surface area contributed by atoms with Gasteiger partial charge in [-0.1, -0.05) is 72.4 Å². The van der Waals surface area contributed by atoms with E-state index in [4.69, 9.17) is 9.47 Å². The largest absolute Gasteiger partial charge is 0.508 e. The van der Waals surface area contributed by atoms with Gasteiger partial charge in [0, 0.05) is 34.5 Å². The monoisotopic (exact) mass is 641 g/mol. The van der Waals surface area contributed by atoms with Crippen molar-refractivity contribution in [3.05, 3.63) is 137 Å². The van der Waals surface area contributed by atoms with Gasteiger partial charge >= 0.3 is 0 Å². The van der Waals surface area contributed by atoms with Crippen LogP contribution in [-0.4, -0.2) is 26.4 Å². The molecule has 46 heavy (non-hydrogen) atoms. The predicted octanol–water partition coefficient (Wildman–Crippen LogP) is 9.26. The zero-order valence-electron chi connectivity index (χ0n) is 25.8. The van der Waals surface area contributed by atoms with Crippen LogP contribution in [0.4, 0.5) is 5.69 Å². The smallest absolute Gasteiger partial charge is 0.246 e. The lowest BCUT2D eigenvalue weighted by atomic mass is 10.0. The van der Waals surface area contributed by atoms with Crippen LogP contribution in [0.2, 0.25) is 0 Å². The van der Waals surface area contributed by atoms with Gasteiger partial charge in [0.1, 0.15) is 17.2 Å². The van der Waals surface area contributed by atoms with Crippen molar-refractivity contribution in [3.8, 4) is 28.4 Å². The molecule has 0 fully saturated rings. The fourth-order valence-corrected chi connectivity index (χ4v) is 8.00. The molecule has 228 valence electrons. The number of methoxy groups -OCH3 is 2. The summed E-state index contributed by atoms with van der Waals surface area (Å²) in [6.07, 6.45) is 2.23. The molecule has 0 aliphatic carbocycles. The van der Waals surface area contributed by atoms with Crippen LogP contribution < -0.4 is 18.9 Å². The number of aromatic hydroxyl groups is 1. The first-order chi connectivity index (χ1) is 22.5. The Morgan fingerprint density at radius 1 is 0.804 bits per heavy atom. The lowest BCUT2D eigenvalue weighted by Gasteiger charge is -2.16. The minimum atomic E-state index is 0.244. The molecule has 0 amide bonds. The van der Waals surface area contributed by atoms with E-state index in [9.17, 15) is 5.11 Å². The molecule has 0 spiro atoms. The Kier molecular flexibility index (Phi) is 8.35. The Morgan fingerprint density at radius 2 is 1.52 bits per heavy atom. The molecule has 5 aromatic carbocycles. The first-order valence-corrected chi connectivity index (χ1v) is 16.6. The zero-order chi connectivity index (χ0) is 31.6. The Hall–Kier alpha value is -4.85. The summed E-state index contributed by atoms with van der Waals surface area (Å²) in [6, 6.07) is 41.2. The van der Waals surface area contributed by atoms with Crippen LogP contribution in [0.1, 0.15) is 11.1 Å². The van der Waals surface area contributed by atoms with Crippen LogP contribution in [0.25, 0.3) is 28.1 Å². The molecule has 1 N–H and O–H groups in total. The number of phenols is 1. The quantitative estimate of drug-likeness (QED) is 0.167. The summed E-state index contributed by atoms with van der Waals surface area (Å²) in [6.45, 7) is 0.712. The second-order valence-electron chi connectivity index (χ2n) is 11.0. The Labute approximate surface area is 277 Å². The van der Waals surface area contributed by atoms with Gasteiger partial charge in [-0.2, -0.15) is 4.57 Å². The Morgan fingerprint density at radius 3 is 2.24 bits per heavy atom. The molecule has 6 aromatic rings. The molecule has 1 aliphatic rings. The van der Waals surface area contributed by atoms with Crippen LogP contribution in [-0.2, 0) is 6.54 Å². The van der Waals surface area contributed by atoms with E-state index in [2.05, 4.69) is 95.4 Å². The van der Waals surface area contributed by atoms with E-state index in [-0.39, 0.29) is 5.75 Å². The van der Waals surface area contributed by atoms with E-state index >= 15 is 0 Å². The van der Waals surface area contributed by atoms with E-state index in [0.717, 1.165) is 59.7 Å². The van der Waals surface area contributed by atoms with Crippen LogP contribution in [0.5, 0.6) is 17.2 Å². The van der Waals surface area contributed by atoms with Gasteiger partial charge in [-0.05, 0) is 77.5 Å². The lowest BCUT2D eigenvalue weighted by Crippen LogP contribution is -2.38. The van der Waals surface area contributed by atoms with Crippen LogP contribution in [0.3, 0.4) is 0 Å². The summed E-state index contributed by atoms with van der Waals surface area (Å²) in [5.41, 5.74) is 6.42. The number of anilines is 1. The fourth-order valence-electron chi connectivity index (χ4n) is 5.86. The average molecular weight is 642 g/mol. The number of phenolic OH excluding ortho intramolecular Hbond substituents is 1. The predicted molar refractivity (Wildman–Crippen MR) is 189 cm³/mol. The highest BCUT2D eigenvalue weighted by Crippen LogP contribution is 2.49. The van der Waals surface area contributed by atoms with E-state index in [1.165, 1.54) is 10.5 Å². The second kappa shape index (κ2) is 12.9. The second-order valence-corrected chi connectivity index (χ2v) is 13.1. The van der Waals surface area contributed by atoms with E-state index in [1.807, 2.05) is 42.5 Å². The number of fused-ring (bicyclic) bond motifs is 2. The molecule has 0 atom stereocenters. The number of ether oxygens (including phenoxy) is 2. The molecule has 0 unspecified atom stereocenters. The van der Waals surface area contributed by atoms with Crippen molar-refractivity contribution in [2.45, 2.75) is 21.4 Å². The average Bonchev–Trinajstić information content (AvgIpc) is 3.40. The molecule has 2 heterocycles. The van der Waals surface area contributed by atoms with Crippen LogP contribution in [0.15, 0.2) is 141 Å². The number of pyridine rings is 1. The molecule has 7 heteroatoms. The van der Waals surface area contributed by atoms with E-state index in [0.29, 0.717) is 6.54 Å². The molecular weight excluding hydrogens is 609 g/mol. The topological polar surface area (TPSA) is 45.8 Å². The summed E-state index contributed by atoms with van der Waals surface area (Å²) in [4.78, 5) is 4.55. The Bertz CT molecular complexity index is 2060. The van der Waals surface area contributed by atoms with Crippen molar-refractivity contribution in [2.75, 3.05) is 26.2 Å². The highest BCUT2D eigenvalue weighted by Gasteiger charge is 2.26. The van der Waals surface area contributed by atoms with Gasteiger partial charge < -0.3 is 19.5 Å². The molecule has 0 bridgehead atoms. The number of hydrogen-bond donors (Lipinski definition) is 1. The first-order valence-electron chi connectivity index (χ1n) is 15.0. The van der Waals surface area contributed by atoms with Gasteiger partial charge in [0.25, 0.3) is 0 Å². The van der Waals surface area contributed by atoms with E-state index in [1.54, 1.807) is 43.8 Å². The maximum Gasteiger partial charge on any atom is 0.246 e. The van der Waals surface area contributed by atoms with Crippen LogP contribution >= 0.6 is 23.5 Å². The first kappa shape index (κ1) is 29.8. The standard InChI is InChI=1S/C39H32N2O3S2/c1-40-33-19-17-27(39-34(43-2)15-10-16-35(39)44-3)21-36(33)46-37(40)22-28-23-38(45-30-13-8-5-9-14-30)41(25-26-11-6-4-7-12-26)32-20-18-29(42)24-31(28)32/h4-24H,25H2,1-3H3/p+1. The van der Waals surface area contributed by atoms with Crippen LogP contribution in [0, 0.1) is 0 Å². The molecule has 7 rings (SSSR count). The van der Waals surface area contributed by atoms with E-state index < -0.39 is 0 Å². The normalized spacial score (nSPS) is 13.3. The summed E-state index contributed by atoms with van der Waals surface area (Å²) >= 11 is 3.48. The third kappa shape index (κ3) is 5.80. The SMILES string of the molecule is COc1cccc(OC)c1-c1ccc2c(c1)SC(=Cc1cc(Sc3ccccc3)[n+](Cc3ccccc3)c3ccc(O)cc13)N2C. The molecule has 1 aliphatic heterocycles. The zero-order valence-corrected chi connectivity index (χ0v) is 27.4. The van der Waals surface area contributed by atoms with Gasteiger partial charge in [-0.25, -0.2) is 0 Å². The van der Waals surface area contributed by atoms with Crippen molar-refractivity contribution >= 4 is 46.2 Å². The van der Waals surface area contributed by atoms with Crippen molar-refractivity contribution in [2.24, 2.45) is 0 Å². The molecule has 1 aromatic heterocycles. The molecule has 0 radical (unpaired) electrons. The van der Waals surface area contributed by atoms with Gasteiger partial charge in [0.15, 0.2) is 6.54 Å². The number of thioether (sulfide) groups is 1. The minimum absolute atomic E-state index is 0.244. The van der Waals surface area contributed by atoms with Crippen molar-refractivity contribution < 1.29 is 19.1 Å². The fraction of sp³-hybridized carbons (Fsp3) is 0.103. The number of aromatic nitrogens is 1. The number of benzene rings is 5. The number of rotatable bonds is 8. The number of nitrogens with zero attached hydrogens (tertiary/aromatic N) is 2. The van der Waals surface area contributed by atoms with Gasteiger partial charge in [0.2, 0.25) is 10.5 Å². The molecular formula is C39H33N2O3S2+.